The molecular weight excluding hydrogens is 342 g/mol. The van der Waals surface area contributed by atoms with Gasteiger partial charge < -0.3 is 15.7 Å². The van der Waals surface area contributed by atoms with Gasteiger partial charge in [-0.05, 0) is 37.5 Å². The van der Waals surface area contributed by atoms with Crippen LogP contribution in [0.3, 0.4) is 0 Å². The third-order valence-corrected chi connectivity index (χ3v) is 4.95. The van der Waals surface area contributed by atoms with Crippen molar-refractivity contribution in [3.8, 4) is 0 Å². The van der Waals surface area contributed by atoms with Crippen LogP contribution >= 0.6 is 0 Å². The number of Topliss-reactive ketones (excluding diaryl/α,β-unsaturated/α-hetero) is 1. The SMILES string of the molecule is CC/C=C(/C(=O)O)C(=O)c1cc(F)c(N2C[C@H](CF)[C@H](N)C2)c(C)c1C. The quantitative estimate of drug-likeness (QED) is 0.350. The third-order valence-electron chi connectivity index (χ3n) is 4.95. The highest BCUT2D eigenvalue weighted by atomic mass is 19.1. The van der Waals surface area contributed by atoms with Gasteiger partial charge in [-0.1, -0.05) is 13.0 Å². The molecule has 7 heteroatoms. The molecule has 1 fully saturated rings. The molecule has 0 radical (unpaired) electrons. The number of carbonyl (C=O) groups is 2. The number of nitrogens with two attached hydrogens (primary N) is 1. The highest BCUT2D eigenvalue weighted by Crippen LogP contribution is 2.33. The van der Waals surface area contributed by atoms with Crippen LogP contribution in [-0.2, 0) is 4.79 Å². The van der Waals surface area contributed by atoms with Crippen molar-refractivity contribution < 1.29 is 23.5 Å². The zero-order valence-electron chi connectivity index (χ0n) is 15.2. The van der Waals surface area contributed by atoms with Gasteiger partial charge in [0.1, 0.15) is 11.4 Å². The lowest BCUT2D eigenvalue weighted by Crippen LogP contribution is -2.30. The van der Waals surface area contributed by atoms with Crippen LogP contribution in [0.1, 0.15) is 34.8 Å². The fourth-order valence-electron chi connectivity index (χ4n) is 3.35. The topological polar surface area (TPSA) is 83.6 Å². The van der Waals surface area contributed by atoms with E-state index in [2.05, 4.69) is 0 Å². The standard InChI is InChI=1S/C19H24F2N2O3/c1-4-5-13(19(25)26)18(24)14-6-15(21)17(11(3)10(14)2)23-8-12(7-20)16(22)9-23/h5-6,12,16H,4,7-9,22H2,1-3H3,(H,25,26)/b13-5+/t12-,16+/m0/s1. The summed E-state index contributed by atoms with van der Waals surface area (Å²) in [5.74, 6) is -3.05. The first-order chi connectivity index (χ1) is 12.2. The largest absolute Gasteiger partial charge is 0.478 e. The Morgan fingerprint density at radius 3 is 2.50 bits per heavy atom. The highest BCUT2D eigenvalue weighted by Gasteiger charge is 2.33. The van der Waals surface area contributed by atoms with Crippen LogP contribution in [0, 0.1) is 25.6 Å². The number of allylic oxidation sites excluding steroid dienone is 1. The monoisotopic (exact) mass is 366 g/mol. The lowest BCUT2D eigenvalue weighted by molar-refractivity contribution is -0.132. The Labute approximate surface area is 151 Å². The molecule has 0 amide bonds. The maximum Gasteiger partial charge on any atom is 0.339 e. The van der Waals surface area contributed by atoms with Crippen molar-refractivity contribution in [2.24, 2.45) is 11.7 Å². The Morgan fingerprint density at radius 1 is 1.35 bits per heavy atom. The fourth-order valence-corrected chi connectivity index (χ4v) is 3.35. The summed E-state index contributed by atoms with van der Waals surface area (Å²) in [6, 6.07) is 0.687. The smallest absolute Gasteiger partial charge is 0.339 e. The van der Waals surface area contributed by atoms with Crippen molar-refractivity contribution in [1.82, 2.24) is 0 Å². The van der Waals surface area contributed by atoms with Gasteiger partial charge in [0.2, 0.25) is 0 Å². The number of hydrogen-bond acceptors (Lipinski definition) is 4. The Kier molecular flexibility index (Phi) is 6.13. The molecule has 26 heavy (non-hydrogen) atoms. The van der Waals surface area contributed by atoms with Crippen LogP contribution in [-0.4, -0.2) is 42.7 Å². The Balaban J connectivity index is 2.47. The molecule has 1 aromatic carbocycles. The second kappa shape index (κ2) is 7.95. The molecule has 0 bridgehead atoms. The van der Waals surface area contributed by atoms with E-state index in [1.54, 1.807) is 25.7 Å². The number of anilines is 1. The third kappa shape index (κ3) is 3.62. The molecule has 3 N–H and O–H groups in total. The lowest BCUT2D eigenvalue weighted by atomic mass is 9.93. The molecule has 1 saturated heterocycles. The van der Waals surface area contributed by atoms with E-state index in [4.69, 9.17) is 5.73 Å². The fraction of sp³-hybridized carbons (Fsp3) is 0.474. The molecule has 0 aromatic heterocycles. The predicted molar refractivity (Wildman–Crippen MR) is 95.9 cm³/mol. The van der Waals surface area contributed by atoms with Gasteiger partial charge in [-0.2, -0.15) is 0 Å². The number of hydrogen-bond donors (Lipinski definition) is 2. The van der Waals surface area contributed by atoms with Crippen molar-refractivity contribution in [1.29, 1.82) is 0 Å². The first-order valence-electron chi connectivity index (χ1n) is 8.57. The van der Waals surface area contributed by atoms with Gasteiger partial charge in [0.25, 0.3) is 0 Å². The Morgan fingerprint density at radius 2 is 2.00 bits per heavy atom. The molecule has 1 aliphatic heterocycles. The molecule has 1 aromatic rings. The van der Waals surface area contributed by atoms with Crippen LogP contribution in [0.4, 0.5) is 14.5 Å². The summed E-state index contributed by atoms with van der Waals surface area (Å²) in [7, 11) is 0. The van der Waals surface area contributed by atoms with Crippen molar-refractivity contribution >= 4 is 17.4 Å². The second-order valence-electron chi connectivity index (χ2n) is 6.65. The number of carboxylic acids is 1. The summed E-state index contributed by atoms with van der Waals surface area (Å²) in [5.41, 5.74) is 6.89. The number of nitrogens with zero attached hydrogens (tertiary/aromatic N) is 1. The van der Waals surface area contributed by atoms with Crippen LogP contribution < -0.4 is 10.6 Å². The number of alkyl halides is 1. The summed E-state index contributed by atoms with van der Waals surface area (Å²) < 4.78 is 27.8. The minimum Gasteiger partial charge on any atom is -0.478 e. The number of benzene rings is 1. The van der Waals surface area contributed by atoms with Gasteiger partial charge in [0.15, 0.2) is 5.78 Å². The van der Waals surface area contributed by atoms with Crippen molar-refractivity contribution in [3.63, 3.8) is 0 Å². The molecule has 142 valence electrons. The molecule has 0 spiro atoms. The van der Waals surface area contributed by atoms with Gasteiger partial charge in [0, 0.05) is 30.6 Å². The predicted octanol–water partition coefficient (Wildman–Crippen LogP) is 2.78. The van der Waals surface area contributed by atoms with Crippen molar-refractivity contribution in [2.45, 2.75) is 33.2 Å². The molecule has 0 aliphatic carbocycles. The van der Waals surface area contributed by atoms with Gasteiger partial charge in [-0.25, -0.2) is 9.18 Å². The molecule has 0 saturated carbocycles. The number of halogens is 2. The normalized spacial score (nSPS) is 20.5. The summed E-state index contributed by atoms with van der Waals surface area (Å²) in [6.07, 6.45) is 1.69. The summed E-state index contributed by atoms with van der Waals surface area (Å²) in [4.78, 5) is 25.6. The minimum atomic E-state index is -1.34. The summed E-state index contributed by atoms with van der Waals surface area (Å²) in [6.45, 7) is 5.10. The molecule has 1 aliphatic rings. The van der Waals surface area contributed by atoms with E-state index >= 15 is 0 Å². The summed E-state index contributed by atoms with van der Waals surface area (Å²) >= 11 is 0. The molecule has 2 rings (SSSR count). The van der Waals surface area contributed by atoms with E-state index in [0.717, 1.165) is 6.07 Å². The second-order valence-corrected chi connectivity index (χ2v) is 6.65. The van der Waals surface area contributed by atoms with E-state index in [0.29, 0.717) is 36.3 Å². The lowest BCUT2D eigenvalue weighted by Gasteiger charge is -2.24. The van der Waals surface area contributed by atoms with Gasteiger partial charge in [-0.15, -0.1) is 0 Å². The van der Waals surface area contributed by atoms with Crippen LogP contribution in [0.25, 0.3) is 0 Å². The van der Waals surface area contributed by atoms with E-state index in [1.807, 2.05) is 0 Å². The molecule has 5 nitrogen and oxygen atoms in total. The number of carboxylic acid groups (broad SMARTS) is 1. The van der Waals surface area contributed by atoms with Crippen molar-refractivity contribution in [3.05, 3.63) is 40.2 Å². The number of carbonyl (C=O) groups excluding carboxylic acids is 1. The van der Waals surface area contributed by atoms with Gasteiger partial charge in [0.05, 0.1) is 12.4 Å². The zero-order valence-corrected chi connectivity index (χ0v) is 15.2. The van der Waals surface area contributed by atoms with E-state index in [9.17, 15) is 23.5 Å². The summed E-state index contributed by atoms with van der Waals surface area (Å²) in [5, 5.41) is 9.24. The molecular formula is C19H24F2N2O3. The molecule has 0 unspecified atom stereocenters. The van der Waals surface area contributed by atoms with Crippen molar-refractivity contribution in [2.75, 3.05) is 24.7 Å². The maximum atomic E-state index is 14.8. The van der Waals surface area contributed by atoms with Gasteiger partial charge in [-0.3, -0.25) is 9.18 Å². The molecule has 2 atom stereocenters. The Bertz CT molecular complexity index is 762. The van der Waals surface area contributed by atoms with Crippen LogP contribution in [0.5, 0.6) is 0 Å². The average molecular weight is 366 g/mol. The number of rotatable bonds is 6. The van der Waals surface area contributed by atoms with Gasteiger partial charge >= 0.3 is 5.97 Å². The van der Waals surface area contributed by atoms with E-state index in [-0.39, 0.29) is 23.1 Å². The van der Waals surface area contributed by atoms with Crippen LogP contribution in [0.15, 0.2) is 17.7 Å². The molecule has 1 heterocycles. The van der Waals surface area contributed by atoms with E-state index in [1.165, 1.54) is 6.08 Å². The number of ketones is 1. The first kappa shape index (κ1) is 20.0. The average Bonchev–Trinajstić information content (AvgIpc) is 2.95. The highest BCUT2D eigenvalue weighted by molar-refractivity contribution is 6.24. The first-order valence-corrected chi connectivity index (χ1v) is 8.57. The Hall–Kier alpha value is -2.28. The zero-order chi connectivity index (χ0) is 19.6. The maximum absolute atomic E-state index is 14.8. The minimum absolute atomic E-state index is 0.0244. The number of aliphatic carboxylic acids is 1. The van der Waals surface area contributed by atoms with Crippen LogP contribution in [0.2, 0.25) is 0 Å². The van der Waals surface area contributed by atoms with E-state index < -0.39 is 24.2 Å².